The van der Waals surface area contributed by atoms with Crippen molar-refractivity contribution in [1.29, 1.82) is 0 Å². The van der Waals surface area contributed by atoms with Crippen LogP contribution < -0.4 is 0 Å². The van der Waals surface area contributed by atoms with E-state index < -0.39 is 18.1 Å². The quantitative estimate of drug-likeness (QED) is 0.824. The molecule has 1 fully saturated rings. The third-order valence-electron chi connectivity index (χ3n) is 3.50. The minimum Gasteiger partial charge on any atom is -0.480 e. The van der Waals surface area contributed by atoms with Crippen LogP contribution in [0.25, 0.3) is 0 Å². The van der Waals surface area contributed by atoms with Gasteiger partial charge in [-0.15, -0.1) is 11.8 Å². The molecule has 0 bridgehead atoms. The summed E-state index contributed by atoms with van der Waals surface area (Å²) < 4.78 is 0. The molecule has 1 aromatic carbocycles. The highest BCUT2D eigenvalue weighted by Crippen LogP contribution is 2.25. The first kappa shape index (κ1) is 14.9. The van der Waals surface area contributed by atoms with Gasteiger partial charge >= 0.3 is 5.97 Å². The second kappa shape index (κ2) is 5.85. The zero-order valence-corrected chi connectivity index (χ0v) is 12.2. The molecule has 5 nitrogen and oxygen atoms in total. The van der Waals surface area contributed by atoms with E-state index >= 15 is 0 Å². The second-order valence-corrected chi connectivity index (χ2v) is 5.76. The van der Waals surface area contributed by atoms with Crippen LogP contribution in [-0.2, 0) is 4.79 Å². The van der Waals surface area contributed by atoms with Crippen LogP contribution in [0.5, 0.6) is 0 Å². The fourth-order valence-corrected chi connectivity index (χ4v) is 2.83. The lowest BCUT2D eigenvalue weighted by Gasteiger charge is -2.22. The number of nitrogens with zero attached hydrogens (tertiary/aromatic N) is 1. The molecule has 0 saturated carbocycles. The van der Waals surface area contributed by atoms with Crippen LogP contribution in [0.2, 0.25) is 0 Å². The van der Waals surface area contributed by atoms with E-state index in [-0.39, 0.29) is 18.9 Å². The smallest absolute Gasteiger partial charge is 0.326 e. The number of hydrogen-bond donors (Lipinski definition) is 2. The largest absolute Gasteiger partial charge is 0.480 e. The van der Waals surface area contributed by atoms with Gasteiger partial charge in [-0.2, -0.15) is 0 Å². The fourth-order valence-electron chi connectivity index (χ4n) is 2.39. The van der Waals surface area contributed by atoms with Gasteiger partial charge in [0.15, 0.2) is 0 Å². The molecule has 0 spiro atoms. The molecule has 1 heterocycles. The number of aliphatic hydroxyl groups excluding tert-OH is 1. The first-order valence-electron chi connectivity index (χ1n) is 6.30. The van der Waals surface area contributed by atoms with Gasteiger partial charge in [0.1, 0.15) is 6.04 Å². The number of likely N-dealkylation sites (tertiary alicyclic amines) is 1. The molecule has 2 unspecified atom stereocenters. The minimum atomic E-state index is -1.08. The number of aliphatic hydroxyl groups is 1. The SMILES string of the molecule is CSc1ccc(C)c(C(=O)N2CC(O)CC2C(=O)O)c1. The fraction of sp³-hybridized carbons (Fsp3) is 0.429. The van der Waals surface area contributed by atoms with Crippen molar-refractivity contribution in [2.45, 2.75) is 30.4 Å². The van der Waals surface area contributed by atoms with E-state index in [1.54, 1.807) is 6.07 Å². The van der Waals surface area contributed by atoms with Gasteiger partial charge in [0.2, 0.25) is 0 Å². The maximum absolute atomic E-state index is 12.5. The summed E-state index contributed by atoms with van der Waals surface area (Å²) in [5.41, 5.74) is 1.30. The Morgan fingerprint density at radius 3 is 2.70 bits per heavy atom. The number of β-amino-alcohol motifs (C(OH)–C–C–N with tert-alkyl or cyclic N) is 1. The van der Waals surface area contributed by atoms with Gasteiger partial charge in [-0.05, 0) is 30.9 Å². The summed E-state index contributed by atoms with van der Waals surface area (Å²) in [6, 6.07) is 4.59. The average Bonchev–Trinajstić information content (AvgIpc) is 2.81. The molecule has 108 valence electrons. The topological polar surface area (TPSA) is 77.8 Å². The van der Waals surface area contributed by atoms with Gasteiger partial charge < -0.3 is 15.1 Å². The number of carbonyl (C=O) groups is 2. The first-order chi connectivity index (χ1) is 9.43. The van der Waals surface area contributed by atoms with E-state index in [0.717, 1.165) is 10.5 Å². The van der Waals surface area contributed by atoms with Gasteiger partial charge in [0.25, 0.3) is 5.91 Å². The molecule has 0 aromatic heterocycles. The molecule has 2 atom stereocenters. The zero-order valence-electron chi connectivity index (χ0n) is 11.4. The third-order valence-corrected chi connectivity index (χ3v) is 4.23. The average molecular weight is 295 g/mol. The molecule has 1 aromatic rings. The molecule has 2 N–H and O–H groups in total. The first-order valence-corrected chi connectivity index (χ1v) is 7.53. The number of carboxylic acids is 1. The van der Waals surface area contributed by atoms with E-state index in [9.17, 15) is 14.7 Å². The van der Waals surface area contributed by atoms with Crippen LogP contribution in [0.15, 0.2) is 23.1 Å². The van der Waals surface area contributed by atoms with Crippen LogP contribution in [0.4, 0.5) is 0 Å². The molecule has 1 aliphatic heterocycles. The van der Waals surface area contributed by atoms with Crippen molar-refractivity contribution in [1.82, 2.24) is 4.90 Å². The van der Waals surface area contributed by atoms with Crippen LogP contribution in [0.3, 0.4) is 0 Å². The van der Waals surface area contributed by atoms with Gasteiger partial charge in [0, 0.05) is 23.4 Å². The third kappa shape index (κ3) is 2.81. The summed E-state index contributed by atoms with van der Waals surface area (Å²) >= 11 is 1.52. The van der Waals surface area contributed by atoms with Gasteiger partial charge in [-0.3, -0.25) is 4.79 Å². The van der Waals surface area contributed by atoms with Gasteiger partial charge in [0.05, 0.1) is 6.10 Å². The van der Waals surface area contributed by atoms with E-state index in [4.69, 9.17) is 5.11 Å². The van der Waals surface area contributed by atoms with Crippen LogP contribution in [-0.4, -0.2) is 51.9 Å². The monoisotopic (exact) mass is 295 g/mol. The Morgan fingerprint density at radius 1 is 1.40 bits per heavy atom. The minimum absolute atomic E-state index is 0.0682. The number of thioether (sulfide) groups is 1. The number of aliphatic carboxylic acids is 1. The van der Waals surface area contributed by atoms with Crippen molar-refractivity contribution in [3.63, 3.8) is 0 Å². The lowest BCUT2D eigenvalue weighted by molar-refractivity contribution is -0.141. The number of carbonyl (C=O) groups excluding carboxylic acids is 1. The van der Waals surface area contributed by atoms with Crippen molar-refractivity contribution in [2.75, 3.05) is 12.8 Å². The standard InChI is InChI=1S/C14H17NO4S/c1-8-3-4-10(20-2)6-11(8)13(17)15-7-9(16)5-12(15)14(18)19/h3-4,6,9,12,16H,5,7H2,1-2H3,(H,18,19). The Kier molecular flexibility index (Phi) is 4.35. The Balaban J connectivity index is 2.33. The van der Waals surface area contributed by atoms with E-state index in [1.807, 2.05) is 25.3 Å². The molecule has 0 radical (unpaired) electrons. The number of rotatable bonds is 3. The van der Waals surface area contributed by atoms with Crippen molar-refractivity contribution in [3.8, 4) is 0 Å². The maximum atomic E-state index is 12.5. The lowest BCUT2D eigenvalue weighted by Crippen LogP contribution is -2.40. The maximum Gasteiger partial charge on any atom is 0.326 e. The van der Waals surface area contributed by atoms with E-state index in [2.05, 4.69) is 0 Å². The molecule has 2 rings (SSSR count). The molecule has 0 aliphatic carbocycles. The zero-order chi connectivity index (χ0) is 14.9. The summed E-state index contributed by atoms with van der Waals surface area (Å²) in [5.74, 6) is -1.41. The van der Waals surface area contributed by atoms with Crippen molar-refractivity contribution >= 4 is 23.6 Å². The number of hydrogen-bond acceptors (Lipinski definition) is 4. The molecule has 1 amide bonds. The molecule has 1 aliphatic rings. The van der Waals surface area contributed by atoms with E-state index in [0.29, 0.717) is 5.56 Å². The van der Waals surface area contributed by atoms with Crippen LogP contribution in [0.1, 0.15) is 22.3 Å². The Labute approximate surface area is 121 Å². The number of carboxylic acid groups (broad SMARTS) is 1. The van der Waals surface area contributed by atoms with Crippen LogP contribution in [0, 0.1) is 6.92 Å². The summed E-state index contributed by atoms with van der Waals surface area (Å²) in [6.45, 7) is 1.89. The van der Waals surface area contributed by atoms with Crippen molar-refractivity contribution < 1.29 is 19.8 Å². The second-order valence-electron chi connectivity index (χ2n) is 4.88. The molecular formula is C14H17NO4S. The van der Waals surface area contributed by atoms with Crippen LogP contribution >= 0.6 is 11.8 Å². The van der Waals surface area contributed by atoms with Crippen molar-refractivity contribution in [2.24, 2.45) is 0 Å². The normalized spacial score (nSPS) is 22.1. The van der Waals surface area contributed by atoms with E-state index in [1.165, 1.54) is 16.7 Å². The molecule has 1 saturated heterocycles. The summed E-state index contributed by atoms with van der Waals surface area (Å²) in [4.78, 5) is 25.9. The number of benzene rings is 1. The Morgan fingerprint density at radius 2 is 2.10 bits per heavy atom. The highest BCUT2D eigenvalue weighted by Gasteiger charge is 2.39. The predicted molar refractivity (Wildman–Crippen MR) is 76.0 cm³/mol. The molecule has 6 heteroatoms. The Hall–Kier alpha value is -1.53. The van der Waals surface area contributed by atoms with Crippen molar-refractivity contribution in [3.05, 3.63) is 29.3 Å². The lowest BCUT2D eigenvalue weighted by atomic mass is 10.1. The number of aryl methyl sites for hydroxylation is 1. The molecular weight excluding hydrogens is 278 g/mol. The highest BCUT2D eigenvalue weighted by atomic mass is 32.2. The summed E-state index contributed by atoms with van der Waals surface area (Å²) in [7, 11) is 0. The summed E-state index contributed by atoms with van der Waals surface area (Å²) in [6.07, 6.45) is 1.23. The van der Waals surface area contributed by atoms with Gasteiger partial charge in [-0.1, -0.05) is 6.07 Å². The Bertz CT molecular complexity index is 546. The highest BCUT2D eigenvalue weighted by molar-refractivity contribution is 7.98. The number of amides is 1. The molecule has 20 heavy (non-hydrogen) atoms. The predicted octanol–water partition coefficient (Wildman–Crippen LogP) is 1.38. The summed E-state index contributed by atoms with van der Waals surface area (Å²) in [5, 5.41) is 18.8. The van der Waals surface area contributed by atoms with Gasteiger partial charge in [-0.25, -0.2) is 4.79 Å².